The number of aliphatic imine (C=N–C) groups is 1. The summed E-state index contributed by atoms with van der Waals surface area (Å²) in [6, 6.07) is 21.1. The molecule has 5 rings (SSSR count). The molecule has 124 valence electrons. The summed E-state index contributed by atoms with van der Waals surface area (Å²) in [5.74, 6) is -0.0362. The highest BCUT2D eigenvalue weighted by molar-refractivity contribution is 6.55. The van der Waals surface area contributed by atoms with E-state index in [1.807, 2.05) is 72.9 Å². The predicted molar refractivity (Wildman–Crippen MR) is 106 cm³/mol. The lowest BCUT2D eigenvalue weighted by molar-refractivity contribution is 0.107. The van der Waals surface area contributed by atoms with Crippen molar-refractivity contribution in [2.45, 2.75) is 0 Å². The van der Waals surface area contributed by atoms with Gasteiger partial charge in [-0.25, -0.2) is 4.99 Å². The van der Waals surface area contributed by atoms with E-state index < -0.39 is 0 Å². The number of hydrogen-bond donors (Lipinski definition) is 1. The lowest BCUT2D eigenvalue weighted by atomic mass is 9.94. The smallest absolute Gasteiger partial charge is 0.214 e. The van der Waals surface area contributed by atoms with E-state index >= 15 is 0 Å². The SMILES string of the molecule is O=C1C(c2ccccc2-c2c[nH]c3ccc(Cl)cc23)=Nc2ccccc21. The number of hydrogen-bond acceptors (Lipinski definition) is 2. The van der Waals surface area contributed by atoms with Gasteiger partial charge in [0.05, 0.1) is 5.69 Å². The number of nitrogens with one attached hydrogen (secondary N) is 1. The van der Waals surface area contributed by atoms with Gasteiger partial charge >= 0.3 is 0 Å². The maximum absolute atomic E-state index is 12.9. The standard InChI is InChI=1S/C22H13ClN2O/c23-13-9-10-19-17(11-13)18(12-24-19)14-5-1-2-6-15(14)21-22(26)16-7-3-4-8-20(16)25-21/h1-12,24H. The maximum atomic E-state index is 12.9. The molecule has 0 spiro atoms. The highest BCUT2D eigenvalue weighted by atomic mass is 35.5. The van der Waals surface area contributed by atoms with E-state index in [-0.39, 0.29) is 5.78 Å². The van der Waals surface area contributed by atoms with Crippen molar-refractivity contribution in [3.63, 3.8) is 0 Å². The Morgan fingerprint density at radius 1 is 0.808 bits per heavy atom. The molecule has 1 aromatic heterocycles. The van der Waals surface area contributed by atoms with E-state index in [4.69, 9.17) is 11.6 Å². The highest BCUT2D eigenvalue weighted by Crippen LogP contribution is 2.36. The third-order valence-corrected chi connectivity index (χ3v) is 4.95. The number of aromatic amines is 1. The number of H-pyrrole nitrogens is 1. The monoisotopic (exact) mass is 356 g/mol. The average molecular weight is 357 g/mol. The van der Waals surface area contributed by atoms with Crippen molar-refractivity contribution < 1.29 is 4.79 Å². The number of aromatic nitrogens is 1. The van der Waals surface area contributed by atoms with Gasteiger partial charge in [0, 0.05) is 38.8 Å². The summed E-state index contributed by atoms with van der Waals surface area (Å²) in [5.41, 5.74) is 5.66. The molecule has 1 aliphatic rings. The van der Waals surface area contributed by atoms with Crippen LogP contribution < -0.4 is 0 Å². The number of carbonyl (C=O) groups is 1. The summed E-state index contributed by atoms with van der Waals surface area (Å²) in [7, 11) is 0. The van der Waals surface area contributed by atoms with E-state index in [2.05, 4.69) is 9.98 Å². The number of rotatable bonds is 2. The van der Waals surface area contributed by atoms with Crippen molar-refractivity contribution in [3.8, 4) is 11.1 Å². The Kier molecular flexibility index (Phi) is 3.30. The summed E-state index contributed by atoms with van der Waals surface area (Å²) in [6.07, 6.45) is 1.95. The van der Waals surface area contributed by atoms with E-state index in [0.29, 0.717) is 16.3 Å². The quantitative estimate of drug-likeness (QED) is 0.484. The van der Waals surface area contributed by atoms with Crippen molar-refractivity contribution in [2.24, 2.45) is 4.99 Å². The van der Waals surface area contributed by atoms with Gasteiger partial charge in [0.25, 0.3) is 0 Å². The zero-order valence-electron chi connectivity index (χ0n) is 13.7. The molecular formula is C22H13ClN2O. The fraction of sp³-hybridized carbons (Fsp3) is 0. The van der Waals surface area contributed by atoms with Crippen LogP contribution >= 0.6 is 11.6 Å². The molecule has 4 aromatic rings. The van der Waals surface area contributed by atoms with Gasteiger partial charge in [0.1, 0.15) is 5.71 Å². The number of Topliss-reactive ketones (excluding diaryl/α,β-unsaturated/α-hetero) is 1. The Morgan fingerprint density at radius 2 is 1.54 bits per heavy atom. The molecule has 1 N–H and O–H groups in total. The molecule has 0 aliphatic carbocycles. The van der Waals surface area contributed by atoms with Gasteiger partial charge in [-0.05, 0) is 35.9 Å². The second kappa shape index (κ2) is 5.68. The van der Waals surface area contributed by atoms with Crippen LogP contribution in [0.5, 0.6) is 0 Å². The van der Waals surface area contributed by atoms with Gasteiger partial charge < -0.3 is 4.98 Å². The van der Waals surface area contributed by atoms with Crippen LogP contribution in [0.3, 0.4) is 0 Å². The van der Waals surface area contributed by atoms with Gasteiger partial charge in [-0.15, -0.1) is 0 Å². The Morgan fingerprint density at radius 3 is 2.35 bits per heavy atom. The van der Waals surface area contributed by atoms with Crippen LogP contribution in [0.25, 0.3) is 22.0 Å². The van der Waals surface area contributed by atoms with Gasteiger partial charge in [-0.2, -0.15) is 0 Å². The van der Waals surface area contributed by atoms with Gasteiger partial charge in [-0.3, -0.25) is 4.79 Å². The van der Waals surface area contributed by atoms with Crippen LogP contribution in [0, 0.1) is 0 Å². The zero-order valence-corrected chi connectivity index (χ0v) is 14.4. The van der Waals surface area contributed by atoms with E-state index in [1.54, 1.807) is 0 Å². The lowest BCUT2D eigenvalue weighted by Crippen LogP contribution is -2.12. The number of ketones is 1. The summed E-state index contributed by atoms with van der Waals surface area (Å²) >= 11 is 6.19. The summed E-state index contributed by atoms with van der Waals surface area (Å²) in [4.78, 5) is 20.8. The van der Waals surface area contributed by atoms with Crippen molar-refractivity contribution in [3.05, 3.63) is 89.1 Å². The van der Waals surface area contributed by atoms with Crippen molar-refractivity contribution in [1.29, 1.82) is 0 Å². The second-order valence-corrected chi connectivity index (χ2v) is 6.68. The molecular weight excluding hydrogens is 344 g/mol. The first-order chi connectivity index (χ1) is 12.7. The molecule has 3 nitrogen and oxygen atoms in total. The first kappa shape index (κ1) is 15.1. The van der Waals surface area contributed by atoms with E-state index in [9.17, 15) is 4.79 Å². The van der Waals surface area contributed by atoms with Crippen LogP contribution in [0.15, 0.2) is 77.9 Å². The van der Waals surface area contributed by atoms with E-state index in [1.165, 1.54) is 0 Å². The molecule has 0 atom stereocenters. The third kappa shape index (κ3) is 2.21. The third-order valence-electron chi connectivity index (χ3n) is 4.71. The Balaban J connectivity index is 1.72. The van der Waals surface area contributed by atoms with Crippen LogP contribution in [0.1, 0.15) is 15.9 Å². The van der Waals surface area contributed by atoms with Crippen molar-refractivity contribution in [2.75, 3.05) is 0 Å². The molecule has 2 heterocycles. The predicted octanol–water partition coefficient (Wildman–Crippen LogP) is 5.81. The number of nitrogens with zero attached hydrogens (tertiary/aromatic N) is 1. The number of fused-ring (bicyclic) bond motifs is 2. The molecule has 26 heavy (non-hydrogen) atoms. The fourth-order valence-electron chi connectivity index (χ4n) is 3.48. The Labute approximate surface area is 155 Å². The molecule has 0 unspecified atom stereocenters. The largest absolute Gasteiger partial charge is 0.361 e. The molecule has 0 amide bonds. The first-order valence-corrected chi connectivity index (χ1v) is 8.69. The average Bonchev–Trinajstić information content (AvgIpc) is 3.23. The van der Waals surface area contributed by atoms with Gasteiger partial charge in [0.2, 0.25) is 5.78 Å². The number of benzene rings is 3. The van der Waals surface area contributed by atoms with Crippen molar-refractivity contribution in [1.82, 2.24) is 4.98 Å². The minimum Gasteiger partial charge on any atom is -0.361 e. The summed E-state index contributed by atoms with van der Waals surface area (Å²) in [5, 5.41) is 1.70. The highest BCUT2D eigenvalue weighted by Gasteiger charge is 2.27. The van der Waals surface area contributed by atoms with Crippen LogP contribution in [-0.4, -0.2) is 16.5 Å². The minimum atomic E-state index is -0.0362. The first-order valence-electron chi connectivity index (χ1n) is 8.31. The topological polar surface area (TPSA) is 45.2 Å². The zero-order chi connectivity index (χ0) is 17.7. The number of halogens is 1. The Bertz CT molecular complexity index is 1220. The molecule has 3 aromatic carbocycles. The van der Waals surface area contributed by atoms with Crippen LogP contribution in [0.4, 0.5) is 5.69 Å². The van der Waals surface area contributed by atoms with Gasteiger partial charge in [-0.1, -0.05) is 48.0 Å². The molecule has 0 saturated heterocycles. The summed E-state index contributed by atoms with van der Waals surface area (Å²) < 4.78 is 0. The van der Waals surface area contributed by atoms with Crippen LogP contribution in [0.2, 0.25) is 5.02 Å². The maximum Gasteiger partial charge on any atom is 0.214 e. The molecule has 0 bridgehead atoms. The molecule has 1 aliphatic heterocycles. The minimum absolute atomic E-state index is 0.0362. The van der Waals surface area contributed by atoms with Gasteiger partial charge in [0.15, 0.2) is 0 Å². The number of carbonyl (C=O) groups excluding carboxylic acids is 1. The molecule has 0 fully saturated rings. The molecule has 0 radical (unpaired) electrons. The fourth-order valence-corrected chi connectivity index (χ4v) is 3.66. The molecule has 0 saturated carbocycles. The summed E-state index contributed by atoms with van der Waals surface area (Å²) in [6.45, 7) is 0. The second-order valence-electron chi connectivity index (χ2n) is 6.24. The molecule has 4 heteroatoms. The Hall–Kier alpha value is -3.17. The van der Waals surface area contributed by atoms with Crippen LogP contribution in [-0.2, 0) is 0 Å². The lowest BCUT2D eigenvalue weighted by Gasteiger charge is -2.08. The normalized spacial score (nSPS) is 13.1. The van der Waals surface area contributed by atoms with E-state index in [0.717, 1.165) is 33.3 Å². The van der Waals surface area contributed by atoms with Crippen molar-refractivity contribution >= 4 is 39.7 Å². The number of para-hydroxylation sites is 1.